The number of nitrogens with zero attached hydrogens (tertiary/aromatic N) is 3. The van der Waals surface area contributed by atoms with Gasteiger partial charge in [-0.15, -0.1) is 11.3 Å². The highest BCUT2D eigenvalue weighted by atomic mass is 32.1. The largest absolute Gasteiger partial charge is 0.334 e. The van der Waals surface area contributed by atoms with Gasteiger partial charge in [0.1, 0.15) is 0 Å². The third-order valence-electron chi connectivity index (χ3n) is 15.9. The van der Waals surface area contributed by atoms with Gasteiger partial charge >= 0.3 is 0 Å². The quantitative estimate of drug-likeness (QED) is 0.164. The summed E-state index contributed by atoms with van der Waals surface area (Å²) < 4.78 is 2.66. The van der Waals surface area contributed by atoms with E-state index in [0.717, 1.165) is 0 Å². The second kappa shape index (κ2) is 13.6. The topological polar surface area (TPSA) is 9.72 Å². The molecule has 0 N–H and O–H groups in total. The van der Waals surface area contributed by atoms with Gasteiger partial charge in [0, 0.05) is 71.1 Å². The van der Waals surface area contributed by atoms with Gasteiger partial charge in [-0.25, -0.2) is 0 Å². The van der Waals surface area contributed by atoms with E-state index in [1.807, 2.05) is 11.3 Å². The summed E-state index contributed by atoms with van der Waals surface area (Å²) in [5, 5.41) is 2.64. The first kappa shape index (κ1) is 39.8. The fraction of sp³-hybridized carbons (Fsp3) is 0.288. The molecular formula is C59H58BN3S. The minimum Gasteiger partial charge on any atom is -0.334 e. The van der Waals surface area contributed by atoms with Crippen LogP contribution < -0.4 is 31.1 Å². The fourth-order valence-electron chi connectivity index (χ4n) is 12.3. The number of rotatable bonds is 3. The Morgan fingerprint density at radius 1 is 0.516 bits per heavy atom. The average molecular weight is 852 g/mol. The Morgan fingerprint density at radius 2 is 1.14 bits per heavy atom. The Bertz CT molecular complexity index is 3240. The van der Waals surface area contributed by atoms with Crippen molar-refractivity contribution in [3.8, 4) is 0 Å². The summed E-state index contributed by atoms with van der Waals surface area (Å²) in [7, 11) is 0. The summed E-state index contributed by atoms with van der Waals surface area (Å²) in [6, 6.07) is 54.6. The normalized spacial score (nSPS) is 20.0. The predicted octanol–water partition coefficient (Wildman–Crippen LogP) is 14.8. The van der Waals surface area contributed by atoms with Gasteiger partial charge in [0.05, 0.1) is 5.54 Å². The van der Waals surface area contributed by atoms with Gasteiger partial charge in [0.25, 0.3) is 6.71 Å². The minimum atomic E-state index is -0.0400. The van der Waals surface area contributed by atoms with Crippen molar-refractivity contribution in [1.29, 1.82) is 0 Å². The second-order valence-electron chi connectivity index (χ2n) is 21.8. The number of fused-ring (bicyclic) bond motifs is 10. The first-order valence-electron chi connectivity index (χ1n) is 23.6. The SMILES string of the molecule is Cc1cc2c3c(c1)N(c1cccc(C(C)(C)C)c1)c1cc(C(C)(C)C)ccc1B3c1ccc(N3c4ccccc4C4(C)CCCCC34C)cc1N2c1ccc2sc3ccccc3c2c1. The molecule has 7 aromatic carbocycles. The molecule has 1 aromatic heterocycles. The molecule has 318 valence electrons. The molecular weight excluding hydrogens is 794 g/mol. The smallest absolute Gasteiger partial charge is 0.252 e. The standard InChI is InChI=1S/C59H58BN3S/c1-37-31-51-55-52(32-37)62(41-25-28-54-44(35-41)43-19-10-13-22-53(43)64-54)50-36-42(63-48-21-12-11-20-45(48)58(8)29-14-15-30-59(58,63)9)24-27-47(50)60(55)46-26-23-39(57(5,6)7)34-49(46)61(51)40-18-16-17-38(33-40)56(2,3)4/h10-13,16-28,31-36H,14-15,29-30H2,1-9H3. The Kier molecular flexibility index (Phi) is 8.47. The van der Waals surface area contributed by atoms with E-state index in [-0.39, 0.29) is 28.5 Å². The van der Waals surface area contributed by atoms with Crippen LogP contribution in [0.5, 0.6) is 0 Å². The zero-order chi connectivity index (χ0) is 44.1. The molecule has 0 bridgehead atoms. The average Bonchev–Trinajstić information content (AvgIpc) is 3.74. The second-order valence-corrected chi connectivity index (χ2v) is 22.9. The van der Waals surface area contributed by atoms with Gasteiger partial charge < -0.3 is 14.7 Å². The van der Waals surface area contributed by atoms with Gasteiger partial charge in [-0.2, -0.15) is 0 Å². The number of anilines is 8. The van der Waals surface area contributed by atoms with Crippen LogP contribution in [-0.4, -0.2) is 12.3 Å². The van der Waals surface area contributed by atoms with Crippen LogP contribution in [0, 0.1) is 6.92 Å². The third-order valence-corrected chi connectivity index (χ3v) is 17.1. The Balaban J connectivity index is 1.16. The number of aryl methyl sites for hydroxylation is 1. The Hall–Kier alpha value is -5.78. The van der Waals surface area contributed by atoms with E-state index in [4.69, 9.17) is 0 Å². The van der Waals surface area contributed by atoms with Crippen LogP contribution in [-0.2, 0) is 16.2 Å². The van der Waals surface area contributed by atoms with Crippen LogP contribution in [0.3, 0.4) is 0 Å². The monoisotopic (exact) mass is 851 g/mol. The fourth-order valence-corrected chi connectivity index (χ4v) is 13.4. The molecule has 0 radical (unpaired) electrons. The van der Waals surface area contributed by atoms with Gasteiger partial charge in [-0.3, -0.25) is 0 Å². The summed E-state index contributed by atoms with van der Waals surface area (Å²) >= 11 is 1.89. The molecule has 4 heterocycles. The number of hydrogen-bond acceptors (Lipinski definition) is 4. The first-order chi connectivity index (χ1) is 30.6. The van der Waals surface area contributed by atoms with Gasteiger partial charge in [0.15, 0.2) is 0 Å². The van der Waals surface area contributed by atoms with Crippen molar-refractivity contribution in [3.63, 3.8) is 0 Å². The van der Waals surface area contributed by atoms with Gasteiger partial charge in [-0.1, -0.05) is 128 Å². The minimum absolute atomic E-state index is 0.0103. The molecule has 0 amide bonds. The van der Waals surface area contributed by atoms with E-state index in [2.05, 4.69) is 217 Å². The summed E-state index contributed by atoms with van der Waals surface area (Å²) in [6.45, 7) is 21.4. The van der Waals surface area contributed by atoms with E-state index < -0.39 is 0 Å². The molecule has 0 spiro atoms. The van der Waals surface area contributed by atoms with Crippen LogP contribution in [0.4, 0.5) is 45.5 Å². The number of thiophene rings is 1. The van der Waals surface area contributed by atoms with Crippen LogP contribution in [0.25, 0.3) is 20.2 Å². The lowest BCUT2D eigenvalue weighted by atomic mass is 9.33. The molecule has 8 aromatic rings. The summed E-state index contributed by atoms with van der Waals surface area (Å²) in [6.07, 6.45) is 4.91. The summed E-state index contributed by atoms with van der Waals surface area (Å²) in [5.41, 5.74) is 19.7. The molecule has 4 aliphatic rings. The molecule has 64 heavy (non-hydrogen) atoms. The lowest BCUT2D eigenvalue weighted by Crippen LogP contribution is -2.61. The lowest BCUT2D eigenvalue weighted by molar-refractivity contribution is 0.195. The highest BCUT2D eigenvalue weighted by Gasteiger charge is 2.57. The Morgan fingerprint density at radius 3 is 1.91 bits per heavy atom. The van der Waals surface area contributed by atoms with E-state index >= 15 is 0 Å². The molecule has 1 fully saturated rings. The van der Waals surface area contributed by atoms with Crippen molar-refractivity contribution in [3.05, 3.63) is 162 Å². The zero-order valence-corrected chi connectivity index (χ0v) is 39.8. The summed E-state index contributed by atoms with van der Waals surface area (Å²) in [4.78, 5) is 7.98. The van der Waals surface area contributed by atoms with Crippen LogP contribution in [0.15, 0.2) is 140 Å². The van der Waals surface area contributed by atoms with Crippen molar-refractivity contribution in [2.24, 2.45) is 0 Å². The van der Waals surface area contributed by atoms with E-state index in [1.54, 1.807) is 0 Å². The Labute approximate surface area is 384 Å². The number of benzene rings is 7. The van der Waals surface area contributed by atoms with E-state index in [1.165, 1.54) is 130 Å². The van der Waals surface area contributed by atoms with Gasteiger partial charge in [0.2, 0.25) is 0 Å². The molecule has 12 rings (SSSR count). The molecule has 2 unspecified atom stereocenters. The maximum Gasteiger partial charge on any atom is 0.252 e. The number of hydrogen-bond donors (Lipinski definition) is 0. The lowest BCUT2D eigenvalue weighted by Gasteiger charge is -2.50. The van der Waals surface area contributed by atoms with E-state index in [9.17, 15) is 0 Å². The van der Waals surface area contributed by atoms with Crippen molar-refractivity contribution >= 4 is 100 Å². The van der Waals surface area contributed by atoms with Crippen molar-refractivity contribution < 1.29 is 0 Å². The predicted molar refractivity (Wildman–Crippen MR) is 278 cm³/mol. The summed E-state index contributed by atoms with van der Waals surface area (Å²) in [5.74, 6) is 0. The van der Waals surface area contributed by atoms with Crippen molar-refractivity contribution in [2.75, 3.05) is 14.7 Å². The molecule has 1 saturated carbocycles. The highest BCUT2D eigenvalue weighted by Crippen LogP contribution is 2.61. The van der Waals surface area contributed by atoms with Crippen molar-refractivity contribution in [1.82, 2.24) is 0 Å². The maximum absolute atomic E-state index is 2.75. The first-order valence-corrected chi connectivity index (χ1v) is 24.4. The molecule has 5 heteroatoms. The zero-order valence-electron chi connectivity index (χ0n) is 38.9. The van der Waals surface area contributed by atoms with E-state index in [0.29, 0.717) is 0 Å². The third kappa shape index (κ3) is 5.58. The van der Waals surface area contributed by atoms with Gasteiger partial charge in [-0.05, 0) is 149 Å². The van der Waals surface area contributed by atoms with Crippen LogP contribution >= 0.6 is 11.3 Å². The van der Waals surface area contributed by atoms with Crippen LogP contribution in [0.1, 0.15) is 103 Å². The highest BCUT2D eigenvalue weighted by molar-refractivity contribution is 7.25. The molecule has 1 aliphatic carbocycles. The molecule has 0 saturated heterocycles. The molecule has 3 aliphatic heterocycles. The number of para-hydroxylation sites is 1. The van der Waals surface area contributed by atoms with Crippen molar-refractivity contribution in [2.45, 2.75) is 110 Å². The molecule has 3 nitrogen and oxygen atoms in total. The van der Waals surface area contributed by atoms with Crippen LogP contribution in [0.2, 0.25) is 0 Å². The maximum atomic E-state index is 2.75. The molecule has 2 atom stereocenters.